The number of nitrogens with zero attached hydrogens (tertiary/aromatic N) is 4. The van der Waals surface area contributed by atoms with E-state index in [0.717, 1.165) is 21.9 Å². The van der Waals surface area contributed by atoms with Gasteiger partial charge in [-0.3, -0.25) is 4.90 Å². The fraction of sp³-hybridized carbons (Fsp3) is 0.250. The summed E-state index contributed by atoms with van der Waals surface area (Å²) in [5, 5.41) is 4.09. The van der Waals surface area contributed by atoms with E-state index in [1.165, 1.54) is 16.5 Å². The number of hydrogen-bond acceptors (Lipinski definition) is 6. The van der Waals surface area contributed by atoms with Crippen LogP contribution in [-0.2, 0) is 28.4 Å². The van der Waals surface area contributed by atoms with Crippen molar-refractivity contribution < 1.29 is 17.7 Å². The van der Waals surface area contributed by atoms with Gasteiger partial charge in [-0.05, 0) is 47.2 Å². The Labute approximate surface area is 216 Å². The summed E-state index contributed by atoms with van der Waals surface area (Å²) >= 11 is 0. The lowest BCUT2D eigenvalue weighted by Crippen LogP contribution is -2.50. The van der Waals surface area contributed by atoms with Gasteiger partial charge in [0.2, 0.25) is 11.7 Å². The number of sulfonamides is 1. The minimum atomic E-state index is -4.11. The second-order valence-electron chi connectivity index (χ2n) is 9.96. The number of rotatable bonds is 5. The number of carbonyl (C=O) groups is 1. The van der Waals surface area contributed by atoms with Crippen molar-refractivity contribution in [1.29, 1.82) is 0 Å². The summed E-state index contributed by atoms with van der Waals surface area (Å²) in [7, 11) is -4.11. The summed E-state index contributed by atoms with van der Waals surface area (Å²) < 4.78 is 33.3. The van der Waals surface area contributed by atoms with Crippen LogP contribution >= 0.6 is 0 Å². The minimum Gasteiger partial charge on any atom is -0.337 e. The molecule has 5 rings (SSSR count). The van der Waals surface area contributed by atoms with E-state index in [4.69, 9.17) is 4.52 Å². The zero-order valence-electron chi connectivity index (χ0n) is 21.2. The maximum atomic E-state index is 13.7. The van der Waals surface area contributed by atoms with Crippen molar-refractivity contribution in [3.8, 4) is 11.4 Å². The summed E-state index contributed by atoms with van der Waals surface area (Å²) in [6.07, 6.45) is 0.800. The molecule has 0 saturated carbocycles. The van der Waals surface area contributed by atoms with Crippen molar-refractivity contribution in [1.82, 2.24) is 10.1 Å². The molecule has 4 aromatic rings. The molecule has 0 spiro atoms. The Morgan fingerprint density at radius 1 is 0.919 bits per heavy atom. The van der Waals surface area contributed by atoms with Gasteiger partial charge in [-0.15, -0.1) is 0 Å². The molecular formula is C28H28N4O4S. The number of para-hydroxylation sites is 1. The monoisotopic (exact) mass is 516 g/mol. The highest BCUT2D eigenvalue weighted by atomic mass is 32.2. The number of carbonyl (C=O) groups excluding carboxylic acids is 1. The third-order valence-electron chi connectivity index (χ3n) is 6.43. The summed E-state index contributed by atoms with van der Waals surface area (Å²) in [5.41, 5.74) is 3.57. The third kappa shape index (κ3) is 4.51. The van der Waals surface area contributed by atoms with Gasteiger partial charge < -0.3 is 4.52 Å². The molecule has 0 atom stereocenters. The molecule has 0 radical (unpaired) electrons. The summed E-state index contributed by atoms with van der Waals surface area (Å²) in [5.74, 6) is 0.589. The molecule has 0 N–H and O–H groups in total. The molecule has 0 bridgehead atoms. The summed E-state index contributed by atoms with van der Waals surface area (Å²) in [6, 6.07) is 20.6. The topological polar surface area (TPSA) is 96.6 Å². The van der Waals surface area contributed by atoms with E-state index in [1.54, 1.807) is 30.3 Å². The van der Waals surface area contributed by atoms with Gasteiger partial charge in [-0.25, -0.2) is 13.2 Å². The van der Waals surface area contributed by atoms with Gasteiger partial charge in [0.05, 0.1) is 11.4 Å². The average molecular weight is 517 g/mol. The first-order chi connectivity index (χ1) is 17.6. The predicted octanol–water partition coefficient (Wildman–Crippen LogP) is 5.93. The Kier molecular flexibility index (Phi) is 6.11. The molecule has 190 valence electrons. The zero-order chi connectivity index (χ0) is 26.4. The molecule has 0 aliphatic carbocycles. The minimum absolute atomic E-state index is 0.0199. The number of hydrogen-bond donors (Lipinski definition) is 0. The SMILES string of the molecule is CCc1ccc(N2C(=O)N(Cc3nc(-c4ccc(C(C)(C)C)cc4)no3)c3ccccc3S2(=O)=O)cc1. The van der Waals surface area contributed by atoms with Gasteiger partial charge in [-0.2, -0.15) is 9.29 Å². The van der Waals surface area contributed by atoms with E-state index < -0.39 is 16.1 Å². The predicted molar refractivity (Wildman–Crippen MR) is 142 cm³/mol. The lowest BCUT2D eigenvalue weighted by molar-refractivity contribution is 0.252. The lowest BCUT2D eigenvalue weighted by atomic mass is 9.87. The van der Waals surface area contributed by atoms with Gasteiger partial charge in [0.15, 0.2) is 0 Å². The molecule has 2 amide bonds. The number of urea groups is 1. The van der Waals surface area contributed by atoms with Crippen LogP contribution in [0.15, 0.2) is 82.2 Å². The number of aryl methyl sites for hydroxylation is 1. The molecule has 2 heterocycles. The summed E-state index contributed by atoms with van der Waals surface area (Å²) in [4.78, 5) is 19.5. The van der Waals surface area contributed by atoms with E-state index in [2.05, 4.69) is 30.9 Å². The number of amides is 2. The van der Waals surface area contributed by atoms with Crippen LogP contribution in [0.5, 0.6) is 0 Å². The van der Waals surface area contributed by atoms with E-state index >= 15 is 0 Å². The Hall–Kier alpha value is -3.98. The van der Waals surface area contributed by atoms with Crippen molar-refractivity contribution in [2.24, 2.45) is 0 Å². The largest absolute Gasteiger partial charge is 0.343 e. The van der Waals surface area contributed by atoms with Gasteiger partial charge in [0.25, 0.3) is 10.0 Å². The average Bonchev–Trinajstić information content (AvgIpc) is 3.35. The molecule has 1 aliphatic rings. The Morgan fingerprint density at radius 3 is 2.24 bits per heavy atom. The molecule has 0 unspecified atom stereocenters. The van der Waals surface area contributed by atoms with E-state index in [9.17, 15) is 13.2 Å². The zero-order valence-corrected chi connectivity index (χ0v) is 22.0. The summed E-state index contributed by atoms with van der Waals surface area (Å²) in [6.45, 7) is 8.35. The second kappa shape index (κ2) is 9.15. The first-order valence-electron chi connectivity index (χ1n) is 12.1. The van der Waals surface area contributed by atoms with Crippen molar-refractivity contribution in [2.75, 3.05) is 9.21 Å². The van der Waals surface area contributed by atoms with Crippen LogP contribution in [0.4, 0.5) is 16.2 Å². The third-order valence-corrected chi connectivity index (χ3v) is 8.18. The molecule has 8 nitrogen and oxygen atoms in total. The van der Waals surface area contributed by atoms with Gasteiger partial charge in [0, 0.05) is 5.56 Å². The standard InChI is InChI=1S/C28H28N4O4S/c1-5-19-10-16-22(17-11-19)32-27(33)31(23-8-6-7-9-24(23)37(32,34)35)18-25-29-26(30-36-25)20-12-14-21(15-13-20)28(2,3)4/h6-17H,5,18H2,1-4H3. The van der Waals surface area contributed by atoms with Gasteiger partial charge in [0.1, 0.15) is 11.4 Å². The highest BCUT2D eigenvalue weighted by molar-refractivity contribution is 7.94. The van der Waals surface area contributed by atoms with E-state index in [0.29, 0.717) is 5.82 Å². The fourth-order valence-corrected chi connectivity index (χ4v) is 5.87. The molecule has 3 aromatic carbocycles. The fourth-order valence-electron chi connectivity index (χ4n) is 4.27. The van der Waals surface area contributed by atoms with Crippen LogP contribution in [0.1, 0.15) is 44.7 Å². The van der Waals surface area contributed by atoms with Gasteiger partial charge >= 0.3 is 6.03 Å². The van der Waals surface area contributed by atoms with Crippen LogP contribution in [0, 0.1) is 0 Å². The molecule has 9 heteroatoms. The maximum absolute atomic E-state index is 13.7. The molecule has 37 heavy (non-hydrogen) atoms. The highest BCUT2D eigenvalue weighted by Gasteiger charge is 2.43. The van der Waals surface area contributed by atoms with Crippen molar-refractivity contribution >= 4 is 27.4 Å². The molecule has 0 saturated heterocycles. The van der Waals surface area contributed by atoms with Crippen LogP contribution in [0.25, 0.3) is 11.4 Å². The smallest absolute Gasteiger partial charge is 0.337 e. The number of benzene rings is 3. The first-order valence-corrected chi connectivity index (χ1v) is 13.5. The Morgan fingerprint density at radius 2 is 1.59 bits per heavy atom. The van der Waals surface area contributed by atoms with E-state index in [1.807, 2.05) is 43.3 Å². The van der Waals surface area contributed by atoms with Gasteiger partial charge in [-0.1, -0.05) is 81.4 Å². The first kappa shape index (κ1) is 24.7. The quantitative estimate of drug-likeness (QED) is 0.326. The maximum Gasteiger partial charge on any atom is 0.343 e. The van der Waals surface area contributed by atoms with Crippen LogP contribution < -0.4 is 9.21 Å². The van der Waals surface area contributed by atoms with Crippen molar-refractivity contribution in [3.63, 3.8) is 0 Å². The highest BCUT2D eigenvalue weighted by Crippen LogP contribution is 2.38. The molecule has 1 aliphatic heterocycles. The second-order valence-corrected chi connectivity index (χ2v) is 11.7. The van der Waals surface area contributed by atoms with Crippen LogP contribution in [-0.4, -0.2) is 24.6 Å². The Balaban J connectivity index is 1.49. The van der Waals surface area contributed by atoms with Crippen molar-refractivity contribution in [3.05, 3.63) is 89.8 Å². The number of fused-ring (bicyclic) bond motifs is 1. The van der Waals surface area contributed by atoms with Crippen LogP contribution in [0.2, 0.25) is 0 Å². The lowest BCUT2D eigenvalue weighted by Gasteiger charge is -2.35. The van der Waals surface area contributed by atoms with Crippen molar-refractivity contribution in [2.45, 2.75) is 51.0 Å². The van der Waals surface area contributed by atoms with Crippen LogP contribution in [0.3, 0.4) is 0 Å². The Bertz CT molecular complexity index is 1550. The number of aromatic nitrogens is 2. The normalized spacial score (nSPS) is 15.1. The van der Waals surface area contributed by atoms with E-state index in [-0.39, 0.29) is 34.1 Å². The number of anilines is 2. The molecule has 1 aromatic heterocycles. The molecular weight excluding hydrogens is 488 g/mol. The molecule has 0 fully saturated rings.